The first-order chi connectivity index (χ1) is 7.51. The summed E-state index contributed by atoms with van der Waals surface area (Å²) in [6, 6.07) is 9.35. The van der Waals surface area contributed by atoms with Crippen LogP contribution >= 0.6 is 0 Å². The Hall–Kier alpha value is -1.82. The van der Waals surface area contributed by atoms with Crippen molar-refractivity contribution in [3.05, 3.63) is 35.4 Å². The molecule has 1 aromatic rings. The van der Waals surface area contributed by atoms with Crippen molar-refractivity contribution in [2.24, 2.45) is 10.6 Å². The molecule has 0 heterocycles. The topological polar surface area (TPSA) is 45.4 Å². The predicted octanol–water partition coefficient (Wildman–Crippen LogP) is 2.98. The largest absolute Gasteiger partial charge is 0.391 e. The van der Waals surface area contributed by atoms with Gasteiger partial charge in [0.25, 0.3) is 0 Å². The van der Waals surface area contributed by atoms with E-state index in [9.17, 15) is 0 Å². The van der Waals surface area contributed by atoms with Gasteiger partial charge in [0.1, 0.15) is 12.8 Å². The van der Waals surface area contributed by atoms with E-state index in [-0.39, 0.29) is 5.41 Å². The maximum atomic E-state index is 8.71. The molecule has 3 nitrogen and oxygen atoms in total. The number of hydrogen-bond acceptors (Lipinski definition) is 3. The van der Waals surface area contributed by atoms with E-state index in [1.807, 2.05) is 32.9 Å². The second-order valence-electron chi connectivity index (χ2n) is 4.54. The molecule has 1 radical (unpaired) electrons. The predicted molar refractivity (Wildman–Crippen MR) is 62.8 cm³/mol. The molecule has 0 bridgehead atoms. The van der Waals surface area contributed by atoms with Crippen LogP contribution in [-0.2, 0) is 11.4 Å². The van der Waals surface area contributed by atoms with Gasteiger partial charge >= 0.3 is 0 Å². The fourth-order valence-electron chi connectivity index (χ4n) is 1.01. The number of nitrogens with zero attached hydrogens (tertiary/aromatic N) is 2. The first-order valence-electron chi connectivity index (χ1n) is 5.09. The lowest BCUT2D eigenvalue weighted by molar-refractivity contribution is 0.129. The van der Waals surface area contributed by atoms with Gasteiger partial charge in [0, 0.05) is 5.41 Å². The second kappa shape index (κ2) is 5.32. The van der Waals surface area contributed by atoms with Crippen LogP contribution in [0.2, 0.25) is 0 Å². The van der Waals surface area contributed by atoms with E-state index in [1.54, 1.807) is 12.1 Å². The first kappa shape index (κ1) is 12.3. The molecule has 1 rings (SSSR count). The summed E-state index contributed by atoms with van der Waals surface area (Å²) in [5.74, 6) is 0. The van der Waals surface area contributed by atoms with E-state index in [2.05, 4.69) is 17.4 Å². The molecule has 0 aliphatic heterocycles. The minimum Gasteiger partial charge on any atom is -0.391 e. The molecule has 0 aromatic heterocycles. The monoisotopic (exact) mass is 215 g/mol. The van der Waals surface area contributed by atoms with Crippen molar-refractivity contribution < 1.29 is 4.84 Å². The highest BCUT2D eigenvalue weighted by atomic mass is 16.6. The van der Waals surface area contributed by atoms with Gasteiger partial charge in [-0.1, -0.05) is 38.1 Å². The third-order valence-electron chi connectivity index (χ3n) is 1.73. The van der Waals surface area contributed by atoms with Crippen molar-refractivity contribution in [2.75, 3.05) is 0 Å². The molecular weight excluding hydrogens is 200 g/mol. The van der Waals surface area contributed by atoms with Crippen LogP contribution in [-0.4, -0.2) is 6.21 Å². The van der Waals surface area contributed by atoms with Gasteiger partial charge < -0.3 is 4.84 Å². The third kappa shape index (κ3) is 4.61. The van der Waals surface area contributed by atoms with Gasteiger partial charge in [-0.3, -0.25) is 0 Å². The number of hydrogen-bond donors (Lipinski definition) is 0. The highest BCUT2D eigenvalue weighted by Crippen LogP contribution is 2.09. The first-order valence-corrected chi connectivity index (χ1v) is 5.09. The average Bonchev–Trinajstić information content (AvgIpc) is 2.23. The summed E-state index contributed by atoms with van der Waals surface area (Å²) >= 11 is 0. The second-order valence-corrected chi connectivity index (χ2v) is 4.54. The summed E-state index contributed by atoms with van der Waals surface area (Å²) in [7, 11) is 0. The molecule has 3 heteroatoms. The van der Waals surface area contributed by atoms with E-state index in [4.69, 9.17) is 10.1 Å². The average molecular weight is 215 g/mol. The molecule has 0 unspecified atom stereocenters. The summed E-state index contributed by atoms with van der Waals surface area (Å²) in [4.78, 5) is 5.10. The van der Waals surface area contributed by atoms with Crippen LogP contribution in [0.3, 0.4) is 0 Å². The molecule has 0 fully saturated rings. The van der Waals surface area contributed by atoms with E-state index in [0.29, 0.717) is 12.2 Å². The van der Waals surface area contributed by atoms with E-state index < -0.39 is 0 Å². The lowest BCUT2D eigenvalue weighted by Gasteiger charge is -2.08. The van der Waals surface area contributed by atoms with E-state index in [1.165, 1.54) is 0 Å². The molecule has 1 aromatic carbocycles. The van der Waals surface area contributed by atoms with Crippen molar-refractivity contribution in [3.8, 4) is 6.07 Å². The van der Waals surface area contributed by atoms with Crippen molar-refractivity contribution in [2.45, 2.75) is 27.4 Å². The summed E-state index contributed by atoms with van der Waals surface area (Å²) in [6.07, 6.45) is 2.86. The maximum absolute atomic E-state index is 8.71. The zero-order valence-electron chi connectivity index (χ0n) is 9.82. The minimum absolute atomic E-state index is 0.103. The highest BCUT2D eigenvalue weighted by molar-refractivity contribution is 5.63. The number of rotatable bonds is 3. The Labute approximate surface area is 96.3 Å². The summed E-state index contributed by atoms with van der Waals surface area (Å²) in [6.45, 7) is 6.35. The van der Waals surface area contributed by atoms with E-state index >= 15 is 0 Å². The van der Waals surface area contributed by atoms with Crippen molar-refractivity contribution in [1.29, 1.82) is 5.26 Å². The van der Waals surface area contributed by atoms with E-state index in [0.717, 1.165) is 5.56 Å². The van der Waals surface area contributed by atoms with Crippen LogP contribution in [0.1, 0.15) is 31.9 Å². The molecule has 83 valence electrons. The van der Waals surface area contributed by atoms with Crippen LogP contribution in [0.15, 0.2) is 29.4 Å². The summed E-state index contributed by atoms with van der Waals surface area (Å²) in [5.41, 5.74) is 1.46. The smallest absolute Gasteiger partial charge is 0.142 e. The molecular formula is C13H15N2O. The molecule has 0 N–H and O–H groups in total. The molecule has 0 saturated heterocycles. The van der Waals surface area contributed by atoms with Crippen molar-refractivity contribution in [1.82, 2.24) is 0 Å². The maximum Gasteiger partial charge on any atom is 0.142 e. The molecule has 0 atom stereocenters. The van der Waals surface area contributed by atoms with Crippen molar-refractivity contribution in [3.63, 3.8) is 0 Å². The Kier molecular flexibility index (Phi) is 4.07. The molecule has 16 heavy (non-hydrogen) atoms. The van der Waals surface area contributed by atoms with Crippen molar-refractivity contribution >= 4 is 6.21 Å². The van der Waals surface area contributed by atoms with Gasteiger partial charge in [-0.2, -0.15) is 5.26 Å². The Morgan fingerprint density at radius 1 is 1.38 bits per heavy atom. The van der Waals surface area contributed by atoms with Gasteiger partial charge in [0.2, 0.25) is 0 Å². The van der Waals surface area contributed by atoms with Gasteiger partial charge in [-0.25, -0.2) is 0 Å². The Bertz CT molecular complexity index is 411. The zero-order chi connectivity index (χ0) is 12.0. The van der Waals surface area contributed by atoms with Crippen LogP contribution in [0.4, 0.5) is 0 Å². The lowest BCUT2D eigenvalue weighted by Crippen LogP contribution is -2.06. The summed E-state index contributed by atoms with van der Waals surface area (Å²) in [5, 5.41) is 12.5. The Morgan fingerprint density at radius 2 is 2.12 bits per heavy atom. The highest BCUT2D eigenvalue weighted by Gasteiger charge is 2.06. The molecule has 0 saturated carbocycles. The fraction of sp³-hybridized carbons (Fsp3) is 0.385. The van der Waals surface area contributed by atoms with Gasteiger partial charge in [-0.05, 0) is 17.7 Å². The quantitative estimate of drug-likeness (QED) is 0.574. The summed E-state index contributed by atoms with van der Waals surface area (Å²) < 4.78 is 0. The lowest BCUT2D eigenvalue weighted by atomic mass is 10.00. The van der Waals surface area contributed by atoms with Crippen LogP contribution in [0, 0.1) is 16.7 Å². The zero-order valence-corrected chi connectivity index (χ0v) is 9.82. The molecule has 0 aliphatic carbocycles. The molecule has 0 amide bonds. The number of benzene rings is 1. The Morgan fingerprint density at radius 3 is 2.75 bits per heavy atom. The third-order valence-corrected chi connectivity index (χ3v) is 1.73. The standard InChI is InChI=1S/C13H15N2O/c1-13(2,3)10-15-16-9-12-6-4-5-11(7-12)8-14/h4-7H,9H2,1-3H3. The van der Waals surface area contributed by atoms with Gasteiger partial charge in [0.05, 0.1) is 11.6 Å². The SMILES string of the molecule is CC(C)(C)/[C]=N\OCc1cccc(C#N)c1. The molecule has 0 spiro atoms. The van der Waals surface area contributed by atoms with Crippen LogP contribution in [0.5, 0.6) is 0 Å². The van der Waals surface area contributed by atoms with Gasteiger partial charge in [0.15, 0.2) is 0 Å². The molecule has 0 aliphatic rings. The minimum atomic E-state index is -0.103. The number of nitriles is 1. The van der Waals surface area contributed by atoms with Crippen LogP contribution < -0.4 is 0 Å². The van der Waals surface area contributed by atoms with Gasteiger partial charge in [-0.15, -0.1) is 0 Å². The van der Waals surface area contributed by atoms with Crippen LogP contribution in [0.25, 0.3) is 0 Å². The Balaban J connectivity index is 2.50. The fourth-order valence-corrected chi connectivity index (χ4v) is 1.01. The normalized spacial score (nSPS) is 11.4.